The monoisotopic (exact) mass is 463 g/mol. The summed E-state index contributed by atoms with van der Waals surface area (Å²) < 4.78 is 121. The van der Waals surface area contributed by atoms with E-state index in [1.807, 2.05) is 0 Å². The number of primary sulfonamides is 1. The van der Waals surface area contributed by atoms with Crippen LogP contribution < -0.4 is 5.14 Å². The summed E-state index contributed by atoms with van der Waals surface area (Å²) in [6.45, 7) is 1.04. The number of sulfonamides is 1. The van der Waals surface area contributed by atoms with Crippen molar-refractivity contribution in [2.24, 2.45) is 5.14 Å². The molecule has 0 saturated heterocycles. The number of halogens is 7. The zero-order valence-electron chi connectivity index (χ0n) is 15.5. The number of aryl methyl sites for hydroxylation is 1. The van der Waals surface area contributed by atoms with Crippen LogP contribution in [0.4, 0.5) is 30.7 Å². The van der Waals surface area contributed by atoms with Crippen molar-refractivity contribution in [3.8, 4) is 22.3 Å². The minimum atomic E-state index is -4.75. The second-order valence-electron chi connectivity index (χ2n) is 6.57. The molecule has 0 atom stereocenters. The lowest BCUT2D eigenvalue weighted by Gasteiger charge is -2.18. The quantitative estimate of drug-likeness (QED) is 0.315. The third-order valence-corrected chi connectivity index (χ3v) is 5.52. The molecule has 0 heterocycles. The number of nitrogens with two attached hydrogens (primary N) is 1. The van der Waals surface area contributed by atoms with Crippen LogP contribution in [-0.2, 0) is 16.2 Å². The third-order valence-electron chi connectivity index (χ3n) is 4.55. The Morgan fingerprint density at radius 3 is 1.87 bits per heavy atom. The fourth-order valence-electron chi connectivity index (χ4n) is 3.21. The molecule has 0 aromatic heterocycles. The van der Waals surface area contributed by atoms with Crippen LogP contribution in [0.1, 0.15) is 11.1 Å². The van der Waals surface area contributed by atoms with E-state index in [9.17, 15) is 39.2 Å². The Morgan fingerprint density at radius 2 is 1.35 bits per heavy atom. The molecule has 0 aliphatic carbocycles. The van der Waals surface area contributed by atoms with Crippen LogP contribution in [0.25, 0.3) is 22.3 Å². The van der Waals surface area contributed by atoms with Crippen LogP contribution in [-0.4, -0.2) is 8.42 Å². The molecule has 0 bridgehead atoms. The van der Waals surface area contributed by atoms with Crippen molar-refractivity contribution in [2.75, 3.05) is 0 Å². The van der Waals surface area contributed by atoms with Crippen LogP contribution in [0, 0.1) is 30.2 Å². The summed E-state index contributed by atoms with van der Waals surface area (Å²) in [4.78, 5) is -0.718. The van der Waals surface area contributed by atoms with E-state index in [1.54, 1.807) is 0 Å². The standard InChI is InChI=1S/C20H12F7NO2S/c1-9-8-10(6-7-12(9)20(25,26)27)14-15(17(22)19(24)18(23)16(14)21)11-4-2-3-5-13(11)31(28,29)30/h2-8H,1H3,(H2,28,29,30). The molecule has 11 heteroatoms. The van der Waals surface area contributed by atoms with Gasteiger partial charge in [0, 0.05) is 16.7 Å². The van der Waals surface area contributed by atoms with Gasteiger partial charge in [-0.05, 0) is 30.2 Å². The molecule has 0 unspecified atom stereocenters. The van der Waals surface area contributed by atoms with Gasteiger partial charge < -0.3 is 0 Å². The van der Waals surface area contributed by atoms with Gasteiger partial charge in [-0.2, -0.15) is 13.2 Å². The van der Waals surface area contributed by atoms with E-state index in [0.29, 0.717) is 6.07 Å². The summed E-state index contributed by atoms with van der Waals surface area (Å²) in [6.07, 6.45) is -4.75. The summed E-state index contributed by atoms with van der Waals surface area (Å²) in [6, 6.07) is 6.46. The molecule has 0 amide bonds. The van der Waals surface area contributed by atoms with Crippen molar-refractivity contribution in [2.45, 2.75) is 18.0 Å². The third kappa shape index (κ3) is 4.02. The first-order chi connectivity index (χ1) is 14.2. The minimum Gasteiger partial charge on any atom is -0.225 e. The molecule has 0 saturated carbocycles. The van der Waals surface area contributed by atoms with Crippen molar-refractivity contribution in [3.63, 3.8) is 0 Å². The molecular formula is C20H12F7NO2S. The molecule has 164 valence electrons. The lowest BCUT2D eigenvalue weighted by Crippen LogP contribution is -2.14. The first-order valence-electron chi connectivity index (χ1n) is 8.41. The van der Waals surface area contributed by atoms with Gasteiger partial charge in [0.25, 0.3) is 0 Å². The maximum Gasteiger partial charge on any atom is 0.416 e. The van der Waals surface area contributed by atoms with Crippen LogP contribution >= 0.6 is 0 Å². The van der Waals surface area contributed by atoms with Gasteiger partial charge in [0.05, 0.1) is 10.5 Å². The van der Waals surface area contributed by atoms with Gasteiger partial charge in [0.15, 0.2) is 23.3 Å². The average Bonchev–Trinajstić information content (AvgIpc) is 2.67. The molecule has 3 rings (SSSR count). The summed E-state index contributed by atoms with van der Waals surface area (Å²) >= 11 is 0. The topological polar surface area (TPSA) is 60.2 Å². The highest BCUT2D eigenvalue weighted by Gasteiger charge is 2.34. The van der Waals surface area contributed by atoms with Gasteiger partial charge in [-0.3, -0.25) is 0 Å². The lowest BCUT2D eigenvalue weighted by molar-refractivity contribution is -0.138. The van der Waals surface area contributed by atoms with Crippen LogP contribution in [0.15, 0.2) is 47.4 Å². The molecule has 2 N–H and O–H groups in total. The van der Waals surface area contributed by atoms with E-state index in [1.165, 1.54) is 12.1 Å². The van der Waals surface area contributed by atoms with E-state index in [4.69, 9.17) is 5.14 Å². The second kappa shape index (κ2) is 7.65. The number of hydrogen-bond acceptors (Lipinski definition) is 2. The Bertz CT molecular complexity index is 1300. The number of hydrogen-bond donors (Lipinski definition) is 1. The maximum absolute atomic E-state index is 14.8. The van der Waals surface area contributed by atoms with Crippen LogP contribution in [0.3, 0.4) is 0 Å². The van der Waals surface area contributed by atoms with Crippen molar-refractivity contribution < 1.29 is 39.2 Å². The van der Waals surface area contributed by atoms with Crippen LogP contribution in [0.5, 0.6) is 0 Å². The lowest BCUT2D eigenvalue weighted by atomic mass is 9.91. The Balaban J connectivity index is 2.46. The van der Waals surface area contributed by atoms with Gasteiger partial charge in [-0.25, -0.2) is 31.1 Å². The van der Waals surface area contributed by atoms with E-state index in [2.05, 4.69) is 0 Å². The molecule has 3 aromatic carbocycles. The Hall–Kier alpha value is -2.92. The Kier molecular flexibility index (Phi) is 5.61. The molecule has 0 aliphatic rings. The molecule has 3 nitrogen and oxygen atoms in total. The van der Waals surface area contributed by atoms with Gasteiger partial charge in [-0.15, -0.1) is 0 Å². The predicted octanol–water partition coefficient (Wildman–Crippen LogP) is 5.55. The zero-order valence-corrected chi connectivity index (χ0v) is 16.3. The number of alkyl halides is 3. The highest BCUT2D eigenvalue weighted by atomic mass is 32.2. The average molecular weight is 463 g/mol. The minimum absolute atomic E-state index is 0.403. The molecule has 0 spiro atoms. The number of benzene rings is 3. The molecule has 0 aliphatic heterocycles. The van der Waals surface area contributed by atoms with Gasteiger partial charge >= 0.3 is 6.18 Å². The van der Waals surface area contributed by atoms with E-state index >= 15 is 0 Å². The highest BCUT2D eigenvalue weighted by Crippen LogP contribution is 2.42. The fourth-order valence-corrected chi connectivity index (χ4v) is 3.96. The maximum atomic E-state index is 14.8. The zero-order chi connectivity index (χ0) is 23.3. The number of rotatable bonds is 3. The predicted molar refractivity (Wildman–Crippen MR) is 98.3 cm³/mol. The molecule has 0 fully saturated rings. The Labute approximate surface area is 172 Å². The normalized spacial score (nSPS) is 12.3. The largest absolute Gasteiger partial charge is 0.416 e. The molecular weight excluding hydrogens is 451 g/mol. The summed E-state index contributed by atoms with van der Waals surface area (Å²) in [7, 11) is -4.52. The first kappa shape index (κ1) is 22.8. The first-order valence-corrected chi connectivity index (χ1v) is 9.96. The van der Waals surface area contributed by atoms with Crippen molar-refractivity contribution in [3.05, 3.63) is 76.9 Å². The second-order valence-corrected chi connectivity index (χ2v) is 8.10. The van der Waals surface area contributed by atoms with E-state index in [-0.39, 0.29) is 0 Å². The highest BCUT2D eigenvalue weighted by molar-refractivity contribution is 7.89. The molecule has 3 aromatic rings. The summed E-state index contributed by atoms with van der Waals surface area (Å²) in [5.41, 5.74) is -4.45. The van der Waals surface area contributed by atoms with Crippen molar-refractivity contribution in [1.82, 2.24) is 0 Å². The van der Waals surface area contributed by atoms with Crippen molar-refractivity contribution in [1.29, 1.82) is 0 Å². The Morgan fingerprint density at radius 1 is 0.806 bits per heavy atom. The fraction of sp³-hybridized carbons (Fsp3) is 0.100. The van der Waals surface area contributed by atoms with E-state index in [0.717, 1.165) is 31.2 Å². The molecule has 31 heavy (non-hydrogen) atoms. The SMILES string of the molecule is Cc1cc(-c2c(F)c(F)c(F)c(F)c2-c2ccccc2S(N)(=O)=O)ccc1C(F)(F)F. The summed E-state index contributed by atoms with van der Waals surface area (Å²) in [5, 5.41) is 5.09. The summed E-state index contributed by atoms with van der Waals surface area (Å²) in [5.74, 6) is -8.26. The molecule has 0 radical (unpaired) electrons. The van der Waals surface area contributed by atoms with Gasteiger partial charge in [0.2, 0.25) is 10.0 Å². The van der Waals surface area contributed by atoms with E-state index < -0.39 is 77.7 Å². The van der Waals surface area contributed by atoms with Crippen LogP contribution in [0.2, 0.25) is 0 Å². The van der Waals surface area contributed by atoms with Gasteiger partial charge in [0.1, 0.15) is 0 Å². The van der Waals surface area contributed by atoms with Crippen molar-refractivity contribution >= 4 is 10.0 Å². The van der Waals surface area contributed by atoms with Gasteiger partial charge in [-0.1, -0.05) is 30.3 Å². The smallest absolute Gasteiger partial charge is 0.225 e.